The molecule has 0 unspecified atom stereocenters. The van der Waals surface area contributed by atoms with E-state index >= 15 is 0 Å². The molecule has 5 heteroatoms. The van der Waals surface area contributed by atoms with Gasteiger partial charge in [0.1, 0.15) is 6.54 Å². The molecule has 26 heavy (non-hydrogen) atoms. The van der Waals surface area contributed by atoms with Gasteiger partial charge in [0.2, 0.25) is 17.7 Å². The maximum absolute atomic E-state index is 12.9. The highest BCUT2D eigenvalue weighted by Gasteiger charge is 2.67. The first kappa shape index (κ1) is 15.8. The minimum atomic E-state index is -0.315. The standard InChI is InChI=1S/C21H22N2O3/c1-10-4-3-5-16(11(10)2)22-17(24)9-23-20(25)18-12-6-7-13(15-8-14(12)15)19(18)21(23)26/h3-7,12-15,18-19H,8-9H2,1-2H3,(H,22,24)/t12-,13-,14-,15+,18-,19+/m0/s1. The Morgan fingerprint density at radius 3 is 2.31 bits per heavy atom. The molecule has 0 radical (unpaired) electrons. The van der Waals surface area contributed by atoms with Crippen molar-refractivity contribution in [1.82, 2.24) is 4.90 Å². The molecule has 0 spiro atoms. The number of nitrogens with zero attached hydrogens (tertiary/aromatic N) is 1. The first-order chi connectivity index (χ1) is 12.5. The first-order valence-corrected chi connectivity index (χ1v) is 9.37. The fourth-order valence-electron chi connectivity index (χ4n) is 5.39. The van der Waals surface area contributed by atoms with Gasteiger partial charge in [-0.3, -0.25) is 19.3 Å². The predicted octanol–water partition coefficient (Wildman–Crippen LogP) is 2.30. The van der Waals surface area contributed by atoms with Gasteiger partial charge in [-0.1, -0.05) is 24.3 Å². The van der Waals surface area contributed by atoms with E-state index in [0.717, 1.165) is 23.2 Å². The Bertz CT molecular complexity index is 838. The molecular formula is C21H22N2O3. The summed E-state index contributed by atoms with van der Waals surface area (Å²) in [4.78, 5) is 39.5. The third-order valence-corrected chi connectivity index (χ3v) is 6.93. The van der Waals surface area contributed by atoms with E-state index in [9.17, 15) is 14.4 Å². The summed E-state index contributed by atoms with van der Waals surface area (Å²) in [6, 6.07) is 5.71. The van der Waals surface area contributed by atoms with Crippen molar-refractivity contribution < 1.29 is 14.4 Å². The van der Waals surface area contributed by atoms with E-state index in [1.54, 1.807) is 0 Å². The molecule has 5 nitrogen and oxygen atoms in total. The van der Waals surface area contributed by atoms with Gasteiger partial charge in [-0.25, -0.2) is 0 Å². The average molecular weight is 350 g/mol. The van der Waals surface area contributed by atoms with Gasteiger partial charge < -0.3 is 5.32 Å². The summed E-state index contributed by atoms with van der Waals surface area (Å²) in [7, 11) is 0. The molecule has 3 amide bonds. The normalized spacial score (nSPS) is 36.2. The summed E-state index contributed by atoms with van der Waals surface area (Å²) < 4.78 is 0. The van der Waals surface area contributed by atoms with Crippen molar-refractivity contribution in [1.29, 1.82) is 0 Å². The van der Waals surface area contributed by atoms with Gasteiger partial charge in [0.05, 0.1) is 11.8 Å². The predicted molar refractivity (Wildman–Crippen MR) is 96.0 cm³/mol. The number of rotatable bonds is 3. The Morgan fingerprint density at radius 1 is 1.08 bits per heavy atom. The number of amides is 3. The van der Waals surface area contributed by atoms with Crippen LogP contribution in [0.4, 0.5) is 5.69 Å². The zero-order valence-corrected chi connectivity index (χ0v) is 14.9. The average Bonchev–Trinajstić information content (AvgIpc) is 3.40. The molecule has 1 heterocycles. The van der Waals surface area contributed by atoms with Crippen LogP contribution in [-0.2, 0) is 14.4 Å². The van der Waals surface area contributed by atoms with E-state index in [1.807, 2.05) is 32.0 Å². The second-order valence-electron chi connectivity index (χ2n) is 8.21. The van der Waals surface area contributed by atoms with Gasteiger partial charge >= 0.3 is 0 Å². The summed E-state index contributed by atoms with van der Waals surface area (Å²) in [5.74, 6) is 0.436. The lowest BCUT2D eigenvalue weighted by atomic mass is 9.63. The van der Waals surface area contributed by atoms with E-state index in [4.69, 9.17) is 0 Å². The van der Waals surface area contributed by atoms with Crippen LogP contribution in [-0.4, -0.2) is 29.2 Å². The van der Waals surface area contributed by atoms with Crippen molar-refractivity contribution in [3.05, 3.63) is 41.5 Å². The zero-order chi connectivity index (χ0) is 18.2. The second-order valence-corrected chi connectivity index (χ2v) is 8.21. The molecule has 5 aliphatic rings. The highest BCUT2D eigenvalue weighted by molar-refractivity contribution is 6.09. The highest BCUT2D eigenvalue weighted by atomic mass is 16.2. The third-order valence-electron chi connectivity index (χ3n) is 6.93. The lowest BCUT2D eigenvalue weighted by Gasteiger charge is -2.37. The lowest BCUT2D eigenvalue weighted by Crippen LogP contribution is -2.40. The molecule has 134 valence electrons. The quantitative estimate of drug-likeness (QED) is 0.672. The number of carbonyl (C=O) groups excluding carboxylic acids is 3. The van der Waals surface area contributed by atoms with Gasteiger partial charge in [-0.15, -0.1) is 0 Å². The second kappa shape index (κ2) is 5.29. The molecule has 6 atom stereocenters. The molecule has 1 saturated heterocycles. The van der Waals surface area contributed by atoms with Crippen molar-refractivity contribution in [2.75, 3.05) is 11.9 Å². The Labute approximate surface area is 152 Å². The van der Waals surface area contributed by atoms with Crippen LogP contribution < -0.4 is 5.32 Å². The Balaban J connectivity index is 1.34. The lowest BCUT2D eigenvalue weighted by molar-refractivity contribution is -0.142. The van der Waals surface area contributed by atoms with Crippen LogP contribution in [0.25, 0.3) is 0 Å². The molecule has 0 aromatic heterocycles. The summed E-state index contributed by atoms with van der Waals surface area (Å²) in [6.07, 6.45) is 5.43. The fourth-order valence-corrected chi connectivity index (χ4v) is 5.39. The topological polar surface area (TPSA) is 66.5 Å². The number of allylic oxidation sites excluding steroid dienone is 2. The summed E-state index contributed by atoms with van der Waals surface area (Å²) in [5.41, 5.74) is 2.81. The third kappa shape index (κ3) is 2.06. The van der Waals surface area contributed by atoms with Crippen molar-refractivity contribution in [2.45, 2.75) is 20.3 Å². The number of benzene rings is 1. The molecule has 1 aromatic carbocycles. The van der Waals surface area contributed by atoms with Gasteiger partial charge in [-0.2, -0.15) is 0 Å². The van der Waals surface area contributed by atoms with Crippen LogP contribution in [0.15, 0.2) is 30.4 Å². The smallest absolute Gasteiger partial charge is 0.244 e. The van der Waals surface area contributed by atoms with Crippen LogP contribution in [0.2, 0.25) is 0 Å². The van der Waals surface area contributed by atoms with Gasteiger partial charge in [0.15, 0.2) is 0 Å². The summed E-state index contributed by atoms with van der Waals surface area (Å²) in [6.45, 7) is 3.74. The summed E-state index contributed by atoms with van der Waals surface area (Å²) in [5, 5.41) is 2.86. The molecule has 3 fully saturated rings. The number of likely N-dealkylation sites (tertiary alicyclic amines) is 1. The maximum atomic E-state index is 12.9. The minimum Gasteiger partial charge on any atom is -0.324 e. The molecule has 2 bridgehead atoms. The van der Waals surface area contributed by atoms with Crippen molar-refractivity contribution >= 4 is 23.4 Å². The number of imide groups is 1. The molecule has 1 aliphatic heterocycles. The van der Waals surface area contributed by atoms with E-state index < -0.39 is 0 Å². The molecule has 1 N–H and O–H groups in total. The van der Waals surface area contributed by atoms with Crippen molar-refractivity contribution in [3.63, 3.8) is 0 Å². The molecule has 6 rings (SSSR count). The SMILES string of the molecule is Cc1cccc(NC(=O)CN2C(=O)[C@@H]3[C@H]4C=C[C@@H]([C@@H]5C[C@H]45)[C@@H]3C2=O)c1C. The highest BCUT2D eigenvalue weighted by Crippen LogP contribution is 2.65. The van der Waals surface area contributed by atoms with Crippen LogP contribution in [0, 0.1) is 49.4 Å². The Kier molecular flexibility index (Phi) is 3.21. The van der Waals surface area contributed by atoms with Crippen LogP contribution in [0.1, 0.15) is 17.5 Å². The first-order valence-electron chi connectivity index (χ1n) is 9.37. The van der Waals surface area contributed by atoms with Gasteiger partial charge in [0.25, 0.3) is 0 Å². The Hall–Kier alpha value is -2.43. The van der Waals surface area contributed by atoms with Crippen molar-refractivity contribution in [2.24, 2.45) is 35.5 Å². The van der Waals surface area contributed by atoms with E-state index in [2.05, 4.69) is 17.5 Å². The fraction of sp³-hybridized carbons (Fsp3) is 0.476. The molecule has 1 aromatic rings. The van der Waals surface area contributed by atoms with E-state index in [0.29, 0.717) is 11.8 Å². The van der Waals surface area contributed by atoms with E-state index in [1.165, 1.54) is 4.90 Å². The van der Waals surface area contributed by atoms with Crippen LogP contribution in [0.5, 0.6) is 0 Å². The largest absolute Gasteiger partial charge is 0.324 e. The molecule has 2 saturated carbocycles. The van der Waals surface area contributed by atoms with Gasteiger partial charge in [-0.05, 0) is 61.1 Å². The van der Waals surface area contributed by atoms with E-state index in [-0.39, 0.29) is 47.9 Å². The maximum Gasteiger partial charge on any atom is 0.244 e. The van der Waals surface area contributed by atoms with Crippen LogP contribution in [0.3, 0.4) is 0 Å². The van der Waals surface area contributed by atoms with Gasteiger partial charge in [0, 0.05) is 5.69 Å². The number of hydrogen-bond donors (Lipinski definition) is 1. The minimum absolute atomic E-state index is 0.152. The van der Waals surface area contributed by atoms with Crippen molar-refractivity contribution in [3.8, 4) is 0 Å². The zero-order valence-electron chi connectivity index (χ0n) is 14.9. The molecular weight excluding hydrogens is 328 g/mol. The monoisotopic (exact) mass is 350 g/mol. The number of hydrogen-bond acceptors (Lipinski definition) is 3. The van der Waals surface area contributed by atoms with Crippen LogP contribution >= 0.6 is 0 Å². The summed E-state index contributed by atoms with van der Waals surface area (Å²) >= 11 is 0. The Morgan fingerprint density at radius 2 is 1.69 bits per heavy atom. The number of carbonyl (C=O) groups is 3. The number of nitrogens with one attached hydrogen (secondary N) is 1. The molecule has 4 aliphatic carbocycles. The number of aryl methyl sites for hydroxylation is 1. The number of anilines is 1.